The van der Waals surface area contributed by atoms with E-state index in [9.17, 15) is 0 Å². The maximum absolute atomic E-state index is 5.90. The minimum Gasteiger partial charge on any atom is -0.385 e. The number of ether oxygens (including phenoxy) is 1. The van der Waals surface area contributed by atoms with Gasteiger partial charge in [-0.15, -0.1) is 0 Å². The molecule has 0 bridgehead atoms. The molecule has 0 saturated carbocycles. The van der Waals surface area contributed by atoms with E-state index in [0.717, 1.165) is 30.7 Å². The molecule has 1 atom stereocenters. The molecule has 0 spiro atoms. The number of aliphatic imine (C=N–C) groups is 1. The van der Waals surface area contributed by atoms with Gasteiger partial charge in [0.05, 0.1) is 5.69 Å². The lowest BCUT2D eigenvalue weighted by Gasteiger charge is -2.08. The Hall–Kier alpha value is -1.39. The molecule has 1 unspecified atom stereocenters. The van der Waals surface area contributed by atoms with E-state index in [1.165, 1.54) is 0 Å². The van der Waals surface area contributed by atoms with Crippen molar-refractivity contribution in [2.24, 2.45) is 16.5 Å². The topological polar surface area (TPSA) is 73.6 Å². The molecule has 86 valence electrons. The van der Waals surface area contributed by atoms with Gasteiger partial charge < -0.3 is 16.2 Å². The molecule has 1 aromatic rings. The molecule has 16 heavy (non-hydrogen) atoms. The molecule has 0 radical (unpaired) electrons. The predicted octanol–water partition coefficient (Wildman–Crippen LogP) is 1.31. The Balaban J connectivity index is 2.14. The van der Waals surface area contributed by atoms with E-state index in [0.29, 0.717) is 12.4 Å². The van der Waals surface area contributed by atoms with Crippen LogP contribution in [-0.2, 0) is 11.3 Å². The van der Waals surface area contributed by atoms with Gasteiger partial charge in [0.25, 0.3) is 0 Å². The third-order valence-electron chi connectivity index (χ3n) is 2.66. The maximum Gasteiger partial charge on any atom is 0.129 e. The molecule has 2 rings (SSSR count). The van der Waals surface area contributed by atoms with Crippen molar-refractivity contribution in [3.63, 3.8) is 0 Å². The zero-order valence-corrected chi connectivity index (χ0v) is 9.23. The highest BCUT2D eigenvalue weighted by molar-refractivity contribution is 5.87. The van der Waals surface area contributed by atoms with Crippen molar-refractivity contribution < 1.29 is 4.74 Å². The number of rotatable bonds is 3. The van der Waals surface area contributed by atoms with Gasteiger partial charge in [-0.3, -0.25) is 0 Å². The first-order valence-electron chi connectivity index (χ1n) is 5.54. The van der Waals surface area contributed by atoms with Crippen molar-refractivity contribution in [1.29, 1.82) is 0 Å². The zero-order valence-electron chi connectivity index (χ0n) is 9.23. The van der Waals surface area contributed by atoms with Crippen LogP contribution in [0.1, 0.15) is 18.4 Å². The summed E-state index contributed by atoms with van der Waals surface area (Å²) in [6.45, 7) is 1.30. The highest BCUT2D eigenvalue weighted by Gasteiger charge is 2.19. The molecule has 1 heterocycles. The summed E-state index contributed by atoms with van der Waals surface area (Å²) in [5, 5.41) is 0. The fourth-order valence-corrected chi connectivity index (χ4v) is 1.78. The normalized spacial score (nSPS) is 21.3. The average Bonchev–Trinajstić information content (AvgIpc) is 2.83. The van der Waals surface area contributed by atoms with E-state index < -0.39 is 0 Å². The summed E-state index contributed by atoms with van der Waals surface area (Å²) in [5.41, 5.74) is 13.4. The highest BCUT2D eigenvalue weighted by Crippen LogP contribution is 2.17. The van der Waals surface area contributed by atoms with Crippen molar-refractivity contribution in [2.45, 2.75) is 25.5 Å². The Bertz CT molecular complexity index is 384. The molecule has 4 nitrogen and oxygen atoms in total. The second-order valence-electron chi connectivity index (χ2n) is 3.91. The van der Waals surface area contributed by atoms with Gasteiger partial charge in [0.2, 0.25) is 0 Å². The third kappa shape index (κ3) is 2.59. The Kier molecular flexibility index (Phi) is 3.54. The molecule has 1 aliphatic heterocycles. The molecule has 1 fully saturated rings. The van der Waals surface area contributed by atoms with E-state index in [-0.39, 0.29) is 6.10 Å². The molecular weight excluding hydrogens is 202 g/mol. The number of hydrogen-bond acceptors (Lipinski definition) is 3. The van der Waals surface area contributed by atoms with Gasteiger partial charge in [-0.1, -0.05) is 12.1 Å². The first-order chi connectivity index (χ1) is 7.79. The SMILES string of the molecule is NCc1cccc(N=C(N)C2CCCO2)c1. The summed E-state index contributed by atoms with van der Waals surface area (Å²) in [6.07, 6.45) is 2.01. The number of amidine groups is 1. The van der Waals surface area contributed by atoms with Crippen LogP contribution in [0.2, 0.25) is 0 Å². The molecule has 0 aliphatic carbocycles. The monoisotopic (exact) mass is 219 g/mol. The number of nitrogens with zero attached hydrogens (tertiary/aromatic N) is 1. The van der Waals surface area contributed by atoms with Crippen molar-refractivity contribution in [3.8, 4) is 0 Å². The van der Waals surface area contributed by atoms with E-state index in [4.69, 9.17) is 16.2 Å². The second kappa shape index (κ2) is 5.09. The first kappa shape index (κ1) is 11.1. The number of nitrogens with two attached hydrogens (primary N) is 2. The standard InChI is InChI=1S/C12H17N3O/c13-8-9-3-1-4-10(7-9)15-12(14)11-5-2-6-16-11/h1,3-4,7,11H,2,5-6,8,13H2,(H2,14,15). The molecule has 4 heteroatoms. The molecule has 0 amide bonds. The molecule has 0 aromatic heterocycles. The lowest BCUT2D eigenvalue weighted by molar-refractivity contribution is 0.157. The predicted molar refractivity (Wildman–Crippen MR) is 64.6 cm³/mol. The first-order valence-corrected chi connectivity index (χ1v) is 5.54. The van der Waals surface area contributed by atoms with Crippen LogP contribution in [0.15, 0.2) is 29.3 Å². The maximum atomic E-state index is 5.90. The Labute approximate surface area is 95.3 Å². The minimum atomic E-state index is -0.0125. The molecular formula is C12H17N3O. The zero-order chi connectivity index (χ0) is 11.4. The Morgan fingerprint density at radius 1 is 1.50 bits per heavy atom. The van der Waals surface area contributed by atoms with Crippen LogP contribution in [0.4, 0.5) is 5.69 Å². The van der Waals surface area contributed by atoms with Crippen LogP contribution in [-0.4, -0.2) is 18.5 Å². The van der Waals surface area contributed by atoms with Gasteiger partial charge in [0, 0.05) is 13.2 Å². The summed E-state index contributed by atoms with van der Waals surface area (Å²) < 4.78 is 5.46. The molecule has 1 aromatic carbocycles. The van der Waals surface area contributed by atoms with Gasteiger partial charge >= 0.3 is 0 Å². The lowest BCUT2D eigenvalue weighted by Crippen LogP contribution is -2.27. The Morgan fingerprint density at radius 3 is 3.06 bits per heavy atom. The third-order valence-corrected chi connectivity index (χ3v) is 2.66. The smallest absolute Gasteiger partial charge is 0.129 e. The van der Waals surface area contributed by atoms with Crippen molar-refractivity contribution in [3.05, 3.63) is 29.8 Å². The van der Waals surface area contributed by atoms with Gasteiger partial charge in [-0.05, 0) is 30.5 Å². The van der Waals surface area contributed by atoms with Crippen molar-refractivity contribution in [2.75, 3.05) is 6.61 Å². The quantitative estimate of drug-likeness (QED) is 0.594. The van der Waals surface area contributed by atoms with E-state index in [2.05, 4.69) is 4.99 Å². The van der Waals surface area contributed by atoms with Crippen molar-refractivity contribution >= 4 is 11.5 Å². The fourth-order valence-electron chi connectivity index (χ4n) is 1.78. The summed E-state index contributed by atoms with van der Waals surface area (Å²) >= 11 is 0. The minimum absolute atomic E-state index is 0.0125. The largest absolute Gasteiger partial charge is 0.385 e. The summed E-state index contributed by atoms with van der Waals surface area (Å²) in [6, 6.07) is 7.77. The number of benzene rings is 1. The van der Waals surface area contributed by atoms with Crippen LogP contribution in [0.3, 0.4) is 0 Å². The fraction of sp³-hybridized carbons (Fsp3) is 0.417. The highest BCUT2D eigenvalue weighted by atomic mass is 16.5. The van der Waals surface area contributed by atoms with E-state index >= 15 is 0 Å². The van der Waals surface area contributed by atoms with Gasteiger partial charge in [-0.25, -0.2) is 4.99 Å². The average molecular weight is 219 g/mol. The van der Waals surface area contributed by atoms with Crippen LogP contribution in [0.25, 0.3) is 0 Å². The molecule has 1 aliphatic rings. The van der Waals surface area contributed by atoms with Crippen molar-refractivity contribution in [1.82, 2.24) is 0 Å². The summed E-state index contributed by atoms with van der Waals surface area (Å²) in [5.74, 6) is 0.562. The number of hydrogen-bond donors (Lipinski definition) is 2. The van der Waals surface area contributed by atoms with Crippen LogP contribution in [0, 0.1) is 0 Å². The van der Waals surface area contributed by atoms with Crippen LogP contribution < -0.4 is 11.5 Å². The van der Waals surface area contributed by atoms with Gasteiger partial charge in [0.1, 0.15) is 11.9 Å². The summed E-state index contributed by atoms with van der Waals surface area (Å²) in [7, 11) is 0. The summed E-state index contributed by atoms with van der Waals surface area (Å²) in [4.78, 5) is 4.36. The molecule has 4 N–H and O–H groups in total. The van der Waals surface area contributed by atoms with E-state index in [1.807, 2.05) is 24.3 Å². The molecule has 1 saturated heterocycles. The van der Waals surface area contributed by atoms with Crippen LogP contribution >= 0.6 is 0 Å². The van der Waals surface area contributed by atoms with E-state index in [1.54, 1.807) is 0 Å². The van der Waals surface area contributed by atoms with Crippen LogP contribution in [0.5, 0.6) is 0 Å². The lowest BCUT2D eigenvalue weighted by atomic mass is 10.2. The Morgan fingerprint density at radius 2 is 2.38 bits per heavy atom. The van der Waals surface area contributed by atoms with Gasteiger partial charge in [-0.2, -0.15) is 0 Å². The van der Waals surface area contributed by atoms with Gasteiger partial charge in [0.15, 0.2) is 0 Å². The second-order valence-corrected chi connectivity index (χ2v) is 3.91.